The Labute approximate surface area is 121 Å². The van der Waals surface area contributed by atoms with Crippen LogP contribution in [0.2, 0.25) is 0 Å². The SMILES string of the molecule is COCCCOC(=O)c1cc(S(=O)(=O)Cl)c(C)cc1F. The number of esters is 1. The van der Waals surface area contributed by atoms with Crippen molar-refractivity contribution in [2.24, 2.45) is 0 Å². The van der Waals surface area contributed by atoms with Crippen molar-refractivity contribution in [2.75, 3.05) is 20.3 Å². The first kappa shape index (κ1) is 16.9. The van der Waals surface area contributed by atoms with E-state index in [0.29, 0.717) is 13.0 Å². The predicted molar refractivity (Wildman–Crippen MR) is 71.0 cm³/mol. The predicted octanol–water partition coefficient (Wildman–Crippen LogP) is 2.25. The van der Waals surface area contributed by atoms with E-state index in [4.69, 9.17) is 20.2 Å². The van der Waals surface area contributed by atoms with E-state index in [9.17, 15) is 17.6 Å². The van der Waals surface area contributed by atoms with Crippen molar-refractivity contribution in [3.63, 3.8) is 0 Å². The van der Waals surface area contributed by atoms with Gasteiger partial charge in [0.15, 0.2) is 0 Å². The molecule has 1 aromatic rings. The van der Waals surface area contributed by atoms with Crippen molar-refractivity contribution in [3.05, 3.63) is 29.1 Å². The van der Waals surface area contributed by atoms with Crippen LogP contribution in [0.15, 0.2) is 17.0 Å². The quantitative estimate of drug-likeness (QED) is 0.456. The van der Waals surface area contributed by atoms with E-state index in [1.165, 1.54) is 14.0 Å². The first-order valence-corrected chi connectivity index (χ1v) is 7.99. The highest BCUT2D eigenvalue weighted by Gasteiger charge is 2.21. The molecule has 0 saturated heterocycles. The Morgan fingerprint density at radius 2 is 2.00 bits per heavy atom. The molecule has 0 amide bonds. The minimum atomic E-state index is -4.06. The maximum atomic E-state index is 13.7. The summed E-state index contributed by atoms with van der Waals surface area (Å²) in [5.74, 6) is -1.80. The number of rotatable bonds is 6. The van der Waals surface area contributed by atoms with Gasteiger partial charge in [0, 0.05) is 30.8 Å². The molecule has 1 rings (SSSR count). The van der Waals surface area contributed by atoms with E-state index in [-0.39, 0.29) is 17.1 Å². The largest absolute Gasteiger partial charge is 0.462 e. The maximum absolute atomic E-state index is 13.7. The molecule has 0 unspecified atom stereocenters. The van der Waals surface area contributed by atoms with Gasteiger partial charge in [-0.3, -0.25) is 0 Å². The molecule has 0 fully saturated rings. The van der Waals surface area contributed by atoms with Gasteiger partial charge in [-0.15, -0.1) is 0 Å². The average Bonchev–Trinajstić information content (AvgIpc) is 2.32. The molecule has 5 nitrogen and oxygen atoms in total. The lowest BCUT2D eigenvalue weighted by Gasteiger charge is -2.08. The third-order valence-corrected chi connectivity index (χ3v) is 3.94. The summed E-state index contributed by atoms with van der Waals surface area (Å²) in [4.78, 5) is 11.4. The Hall–Kier alpha value is -1.18. The number of methoxy groups -OCH3 is 1. The number of aryl methyl sites for hydroxylation is 1. The summed E-state index contributed by atoms with van der Waals surface area (Å²) < 4.78 is 45.9. The Morgan fingerprint density at radius 3 is 2.55 bits per heavy atom. The molecule has 0 bridgehead atoms. The van der Waals surface area contributed by atoms with Crippen LogP contribution in [-0.2, 0) is 18.5 Å². The lowest BCUT2D eigenvalue weighted by atomic mass is 10.1. The highest BCUT2D eigenvalue weighted by atomic mass is 35.7. The second-order valence-electron chi connectivity index (χ2n) is 4.02. The summed E-state index contributed by atoms with van der Waals surface area (Å²) >= 11 is 0. The van der Waals surface area contributed by atoms with E-state index < -0.39 is 26.4 Å². The van der Waals surface area contributed by atoms with Crippen LogP contribution in [0.25, 0.3) is 0 Å². The van der Waals surface area contributed by atoms with Gasteiger partial charge in [-0.05, 0) is 24.6 Å². The van der Waals surface area contributed by atoms with E-state index in [0.717, 1.165) is 12.1 Å². The Balaban J connectivity index is 2.98. The molecule has 0 aliphatic carbocycles. The summed E-state index contributed by atoms with van der Waals surface area (Å²) in [6.45, 7) is 1.82. The molecule has 1 aromatic carbocycles. The van der Waals surface area contributed by atoms with Gasteiger partial charge in [0.25, 0.3) is 9.05 Å². The zero-order chi connectivity index (χ0) is 15.3. The summed E-state index contributed by atoms with van der Waals surface area (Å²) in [7, 11) is 2.66. The van der Waals surface area contributed by atoms with Gasteiger partial charge >= 0.3 is 5.97 Å². The fourth-order valence-corrected chi connectivity index (χ4v) is 2.72. The van der Waals surface area contributed by atoms with Gasteiger partial charge in [0.1, 0.15) is 5.82 Å². The van der Waals surface area contributed by atoms with Gasteiger partial charge < -0.3 is 9.47 Å². The minimum absolute atomic E-state index is 0.0446. The molecule has 0 saturated carbocycles. The van der Waals surface area contributed by atoms with Crippen LogP contribution in [0.1, 0.15) is 22.3 Å². The Kier molecular flexibility index (Phi) is 5.91. The zero-order valence-corrected chi connectivity index (χ0v) is 12.6. The Bertz CT molecular complexity index is 600. The number of hydrogen-bond donors (Lipinski definition) is 0. The van der Waals surface area contributed by atoms with E-state index in [2.05, 4.69) is 0 Å². The third kappa shape index (κ3) is 4.43. The monoisotopic (exact) mass is 324 g/mol. The van der Waals surface area contributed by atoms with Gasteiger partial charge in [-0.1, -0.05) is 0 Å². The van der Waals surface area contributed by atoms with Crippen LogP contribution < -0.4 is 0 Å². The van der Waals surface area contributed by atoms with Crippen LogP contribution in [0.4, 0.5) is 4.39 Å². The fourth-order valence-electron chi connectivity index (χ4n) is 1.52. The first-order valence-electron chi connectivity index (χ1n) is 5.68. The molecular weight excluding hydrogens is 311 g/mol. The topological polar surface area (TPSA) is 69.7 Å². The lowest BCUT2D eigenvalue weighted by Crippen LogP contribution is -2.11. The minimum Gasteiger partial charge on any atom is -0.462 e. The first-order chi connectivity index (χ1) is 9.27. The maximum Gasteiger partial charge on any atom is 0.341 e. The van der Waals surface area contributed by atoms with E-state index >= 15 is 0 Å². The van der Waals surface area contributed by atoms with Crippen LogP contribution >= 0.6 is 10.7 Å². The summed E-state index contributed by atoms with van der Waals surface area (Å²) in [5.41, 5.74) is -0.347. The van der Waals surface area contributed by atoms with E-state index in [1.54, 1.807) is 0 Å². The molecule has 0 radical (unpaired) electrons. The summed E-state index contributed by atoms with van der Waals surface area (Å²) in [6.07, 6.45) is 0.455. The molecule has 8 heteroatoms. The van der Waals surface area contributed by atoms with Gasteiger partial charge in [0.2, 0.25) is 0 Å². The van der Waals surface area contributed by atoms with Crippen LogP contribution in [0, 0.1) is 12.7 Å². The molecule has 0 aliphatic rings. The normalized spacial score (nSPS) is 11.4. The molecule has 0 heterocycles. The number of benzene rings is 1. The standard InChI is InChI=1S/C12H14ClFO5S/c1-8-6-10(14)9(7-11(8)20(13,16)17)12(15)19-5-3-4-18-2/h6-7H,3-5H2,1-2H3. The second-order valence-corrected chi connectivity index (χ2v) is 6.55. The third-order valence-electron chi connectivity index (χ3n) is 2.47. The summed E-state index contributed by atoms with van der Waals surface area (Å²) in [5, 5.41) is 0. The van der Waals surface area contributed by atoms with Crippen molar-refractivity contribution in [3.8, 4) is 0 Å². The average molecular weight is 325 g/mol. The lowest BCUT2D eigenvalue weighted by molar-refractivity contribution is 0.0463. The van der Waals surface area contributed by atoms with Gasteiger partial charge in [-0.2, -0.15) is 0 Å². The van der Waals surface area contributed by atoms with Gasteiger partial charge in [-0.25, -0.2) is 17.6 Å². The Morgan fingerprint density at radius 1 is 1.35 bits per heavy atom. The number of carbonyl (C=O) groups excluding carboxylic acids is 1. The van der Waals surface area contributed by atoms with Crippen LogP contribution in [0.5, 0.6) is 0 Å². The van der Waals surface area contributed by atoms with Crippen LogP contribution in [-0.4, -0.2) is 34.7 Å². The summed E-state index contributed by atoms with van der Waals surface area (Å²) in [6, 6.07) is 1.81. The number of ether oxygens (including phenoxy) is 2. The van der Waals surface area contributed by atoms with E-state index in [1.807, 2.05) is 0 Å². The van der Waals surface area contributed by atoms with Crippen molar-refractivity contribution in [1.29, 1.82) is 0 Å². The molecule has 0 aliphatic heterocycles. The van der Waals surface area contributed by atoms with Crippen molar-refractivity contribution >= 4 is 25.7 Å². The molecule has 0 atom stereocenters. The van der Waals surface area contributed by atoms with Crippen molar-refractivity contribution < 1.29 is 27.1 Å². The highest BCUT2D eigenvalue weighted by Crippen LogP contribution is 2.23. The second kappa shape index (κ2) is 7.01. The number of hydrogen-bond acceptors (Lipinski definition) is 5. The van der Waals surface area contributed by atoms with Crippen molar-refractivity contribution in [2.45, 2.75) is 18.2 Å². The molecular formula is C12H14ClFO5S. The number of halogens is 2. The molecule has 0 N–H and O–H groups in total. The fraction of sp³-hybridized carbons (Fsp3) is 0.417. The molecule has 112 valence electrons. The smallest absolute Gasteiger partial charge is 0.341 e. The van der Waals surface area contributed by atoms with Crippen LogP contribution in [0.3, 0.4) is 0 Å². The van der Waals surface area contributed by atoms with Crippen molar-refractivity contribution in [1.82, 2.24) is 0 Å². The molecule has 0 spiro atoms. The zero-order valence-electron chi connectivity index (χ0n) is 11.0. The number of carbonyl (C=O) groups is 1. The van der Waals surface area contributed by atoms with Gasteiger partial charge in [0.05, 0.1) is 17.1 Å². The highest BCUT2D eigenvalue weighted by molar-refractivity contribution is 8.13. The molecule has 0 aromatic heterocycles. The molecule has 20 heavy (non-hydrogen) atoms.